The number of benzene rings is 1. The predicted octanol–water partition coefficient (Wildman–Crippen LogP) is 1.82. The van der Waals surface area contributed by atoms with E-state index in [9.17, 15) is 9.59 Å². The van der Waals surface area contributed by atoms with Crippen molar-refractivity contribution in [2.75, 3.05) is 21.3 Å². The van der Waals surface area contributed by atoms with Gasteiger partial charge in [0.2, 0.25) is 11.8 Å². The number of likely N-dealkylation sites (N-methyl/N-ethyl adjacent to an activating group) is 1. The van der Waals surface area contributed by atoms with Gasteiger partial charge in [-0.15, -0.1) is 0 Å². The maximum Gasteiger partial charge on any atom is 0.245 e. The van der Waals surface area contributed by atoms with Crippen molar-refractivity contribution in [1.29, 1.82) is 0 Å². The van der Waals surface area contributed by atoms with E-state index in [4.69, 9.17) is 9.47 Å². The molecule has 0 unspecified atom stereocenters. The van der Waals surface area contributed by atoms with Crippen molar-refractivity contribution >= 4 is 11.8 Å². The molecule has 0 aliphatic heterocycles. The molecule has 0 fully saturated rings. The third-order valence-electron chi connectivity index (χ3n) is 3.57. The first kappa shape index (κ1) is 18.8. The number of methoxy groups -OCH3 is 2. The smallest absolute Gasteiger partial charge is 0.245 e. The summed E-state index contributed by atoms with van der Waals surface area (Å²) < 4.78 is 10.5. The fraction of sp³-hybridized carbons (Fsp3) is 0.529. The highest BCUT2D eigenvalue weighted by atomic mass is 16.5. The van der Waals surface area contributed by atoms with Crippen molar-refractivity contribution in [1.82, 2.24) is 10.2 Å². The van der Waals surface area contributed by atoms with Crippen molar-refractivity contribution in [2.45, 2.75) is 33.4 Å². The summed E-state index contributed by atoms with van der Waals surface area (Å²) in [4.78, 5) is 25.5. The first-order chi connectivity index (χ1) is 10.8. The molecule has 1 rings (SSSR count). The van der Waals surface area contributed by atoms with Crippen molar-refractivity contribution in [3.8, 4) is 11.5 Å². The van der Waals surface area contributed by atoms with Crippen LogP contribution in [0.4, 0.5) is 0 Å². The third kappa shape index (κ3) is 5.16. The van der Waals surface area contributed by atoms with E-state index in [1.165, 1.54) is 6.92 Å². The Morgan fingerprint density at radius 2 is 1.87 bits per heavy atom. The van der Waals surface area contributed by atoms with Gasteiger partial charge >= 0.3 is 0 Å². The first-order valence-electron chi connectivity index (χ1n) is 7.53. The number of nitrogens with zero attached hydrogens (tertiary/aromatic N) is 1. The number of hydrogen-bond donors (Lipinski definition) is 1. The minimum atomic E-state index is -0.540. The Balaban J connectivity index is 2.91. The van der Waals surface area contributed by atoms with Gasteiger partial charge in [0.1, 0.15) is 17.5 Å². The Bertz CT molecular complexity index is 558. The van der Waals surface area contributed by atoms with Crippen LogP contribution in [-0.2, 0) is 16.1 Å². The molecule has 23 heavy (non-hydrogen) atoms. The molecule has 0 aliphatic rings. The summed E-state index contributed by atoms with van der Waals surface area (Å²) in [6.45, 7) is 5.60. The third-order valence-corrected chi connectivity index (χ3v) is 3.57. The lowest BCUT2D eigenvalue weighted by atomic mass is 10.0. The molecular weight excluding hydrogens is 296 g/mol. The fourth-order valence-electron chi connectivity index (χ4n) is 2.29. The molecule has 2 amide bonds. The summed E-state index contributed by atoms with van der Waals surface area (Å²) in [5.41, 5.74) is 0.870. The molecule has 0 radical (unpaired) electrons. The SMILES string of the molecule is COc1ccc(CN(C)C(=O)[C@H](NC(C)=O)C(C)C)c(OC)c1. The van der Waals surface area contributed by atoms with Crippen molar-refractivity contribution in [3.63, 3.8) is 0 Å². The van der Waals surface area contributed by atoms with Gasteiger partial charge in [0, 0.05) is 32.1 Å². The number of rotatable bonds is 7. The van der Waals surface area contributed by atoms with Crippen LogP contribution in [0.1, 0.15) is 26.3 Å². The molecule has 1 N–H and O–H groups in total. The second kappa shape index (κ2) is 8.41. The van der Waals surface area contributed by atoms with Gasteiger partial charge < -0.3 is 19.7 Å². The molecule has 1 aromatic carbocycles. The molecule has 0 aliphatic carbocycles. The second-order valence-corrected chi connectivity index (χ2v) is 5.79. The number of ether oxygens (including phenoxy) is 2. The summed E-state index contributed by atoms with van der Waals surface area (Å²) >= 11 is 0. The molecule has 0 spiro atoms. The normalized spacial score (nSPS) is 11.8. The predicted molar refractivity (Wildman–Crippen MR) is 88.5 cm³/mol. The average Bonchev–Trinajstić information content (AvgIpc) is 2.51. The quantitative estimate of drug-likeness (QED) is 0.831. The lowest BCUT2D eigenvalue weighted by Crippen LogP contribution is -2.49. The molecule has 0 heterocycles. The van der Waals surface area contributed by atoms with Gasteiger partial charge in [0.15, 0.2) is 0 Å². The molecule has 6 nitrogen and oxygen atoms in total. The number of carbonyl (C=O) groups is 2. The van der Waals surface area contributed by atoms with Crippen molar-refractivity contribution in [3.05, 3.63) is 23.8 Å². The molecule has 1 aromatic rings. The zero-order valence-corrected chi connectivity index (χ0v) is 14.7. The van der Waals surface area contributed by atoms with E-state index in [2.05, 4.69) is 5.32 Å². The average molecular weight is 322 g/mol. The Hall–Kier alpha value is -2.24. The topological polar surface area (TPSA) is 67.9 Å². The first-order valence-corrected chi connectivity index (χ1v) is 7.53. The van der Waals surface area contributed by atoms with E-state index in [1.807, 2.05) is 26.0 Å². The molecule has 0 saturated carbocycles. The van der Waals surface area contributed by atoms with Crippen LogP contribution < -0.4 is 14.8 Å². The van der Waals surface area contributed by atoms with Crippen LogP contribution in [0.3, 0.4) is 0 Å². The van der Waals surface area contributed by atoms with Crippen LogP contribution in [0.25, 0.3) is 0 Å². The van der Waals surface area contributed by atoms with Crippen LogP contribution in [0.2, 0.25) is 0 Å². The molecule has 6 heteroatoms. The largest absolute Gasteiger partial charge is 0.497 e. The van der Waals surface area contributed by atoms with Gasteiger partial charge in [-0.05, 0) is 18.1 Å². The number of amides is 2. The van der Waals surface area contributed by atoms with E-state index in [-0.39, 0.29) is 17.7 Å². The second-order valence-electron chi connectivity index (χ2n) is 5.79. The highest BCUT2D eigenvalue weighted by Gasteiger charge is 2.26. The molecule has 0 saturated heterocycles. The molecular formula is C17H26N2O4. The Kier molecular flexibility index (Phi) is 6.88. The minimum absolute atomic E-state index is 0.00612. The number of nitrogens with one attached hydrogen (secondary N) is 1. The molecule has 0 bridgehead atoms. The van der Waals surface area contributed by atoms with Crippen LogP contribution in [0, 0.1) is 5.92 Å². The Labute approximate surface area is 137 Å². The van der Waals surface area contributed by atoms with Gasteiger partial charge in [0.05, 0.1) is 14.2 Å². The van der Waals surface area contributed by atoms with E-state index in [0.29, 0.717) is 18.0 Å². The highest BCUT2D eigenvalue weighted by molar-refractivity contribution is 5.87. The van der Waals surface area contributed by atoms with E-state index < -0.39 is 6.04 Å². The van der Waals surface area contributed by atoms with Crippen LogP contribution >= 0.6 is 0 Å². The molecule has 1 atom stereocenters. The number of hydrogen-bond acceptors (Lipinski definition) is 4. The maximum atomic E-state index is 12.6. The molecule has 0 aromatic heterocycles. The summed E-state index contributed by atoms with van der Waals surface area (Å²) in [6, 6.07) is 4.93. The zero-order chi connectivity index (χ0) is 17.6. The summed E-state index contributed by atoms with van der Waals surface area (Å²) in [5.74, 6) is 1.01. The van der Waals surface area contributed by atoms with Crippen LogP contribution in [-0.4, -0.2) is 44.0 Å². The van der Waals surface area contributed by atoms with E-state index in [0.717, 1.165) is 5.56 Å². The van der Waals surface area contributed by atoms with Gasteiger partial charge in [-0.2, -0.15) is 0 Å². The van der Waals surface area contributed by atoms with Gasteiger partial charge in [-0.25, -0.2) is 0 Å². The summed E-state index contributed by atoms with van der Waals surface area (Å²) in [7, 11) is 4.88. The van der Waals surface area contributed by atoms with E-state index in [1.54, 1.807) is 32.2 Å². The van der Waals surface area contributed by atoms with Crippen LogP contribution in [0.15, 0.2) is 18.2 Å². The Morgan fingerprint density at radius 3 is 2.35 bits per heavy atom. The van der Waals surface area contributed by atoms with Crippen molar-refractivity contribution in [2.24, 2.45) is 5.92 Å². The minimum Gasteiger partial charge on any atom is -0.497 e. The summed E-state index contributed by atoms with van der Waals surface area (Å²) in [6.07, 6.45) is 0. The standard InChI is InChI=1S/C17H26N2O4/c1-11(2)16(18-12(3)20)17(21)19(4)10-13-7-8-14(22-5)9-15(13)23-6/h7-9,11,16H,10H2,1-6H3,(H,18,20)/t16-/m1/s1. The highest BCUT2D eigenvalue weighted by Crippen LogP contribution is 2.25. The Morgan fingerprint density at radius 1 is 1.22 bits per heavy atom. The lowest BCUT2D eigenvalue weighted by Gasteiger charge is -2.27. The maximum absolute atomic E-state index is 12.6. The summed E-state index contributed by atoms with van der Waals surface area (Å²) in [5, 5.41) is 2.71. The van der Waals surface area contributed by atoms with E-state index >= 15 is 0 Å². The fourth-order valence-corrected chi connectivity index (χ4v) is 2.29. The van der Waals surface area contributed by atoms with Gasteiger partial charge in [-0.3, -0.25) is 9.59 Å². The van der Waals surface area contributed by atoms with Gasteiger partial charge in [0.25, 0.3) is 0 Å². The zero-order valence-electron chi connectivity index (χ0n) is 14.7. The lowest BCUT2D eigenvalue weighted by molar-refractivity contribution is -0.136. The van der Waals surface area contributed by atoms with Gasteiger partial charge in [-0.1, -0.05) is 13.8 Å². The van der Waals surface area contributed by atoms with Crippen molar-refractivity contribution < 1.29 is 19.1 Å². The van der Waals surface area contributed by atoms with Crippen LogP contribution in [0.5, 0.6) is 11.5 Å². The monoisotopic (exact) mass is 322 g/mol. The number of carbonyl (C=O) groups excluding carboxylic acids is 2. The molecule has 128 valence electrons.